The van der Waals surface area contributed by atoms with Crippen molar-refractivity contribution in [1.82, 2.24) is 9.55 Å². The van der Waals surface area contributed by atoms with Crippen LogP contribution in [0.2, 0.25) is 0 Å². The minimum Gasteiger partial charge on any atom is -0.469 e. The smallest absolute Gasteiger partial charge is 0.310 e. The van der Waals surface area contributed by atoms with Crippen LogP contribution in [0.3, 0.4) is 0 Å². The van der Waals surface area contributed by atoms with Gasteiger partial charge in [0.1, 0.15) is 0 Å². The Labute approximate surface area is 105 Å². The Morgan fingerprint density at radius 1 is 1.61 bits per heavy atom. The number of carbonyl (C=O) groups is 1. The van der Waals surface area contributed by atoms with E-state index in [2.05, 4.69) is 4.98 Å². The number of nitrogens with zero attached hydrogens (tertiary/aromatic N) is 3. The summed E-state index contributed by atoms with van der Waals surface area (Å²) in [5.74, 6) is 0.0430. The number of methoxy groups -OCH3 is 1. The van der Waals surface area contributed by atoms with Crippen molar-refractivity contribution in [3.63, 3.8) is 0 Å². The molecule has 0 spiro atoms. The lowest BCUT2D eigenvalue weighted by atomic mass is 10.1. The Hall–Kier alpha value is -1.85. The first kappa shape index (κ1) is 12.6. The molecular weight excluding hydrogens is 234 g/mol. The van der Waals surface area contributed by atoms with Gasteiger partial charge in [0, 0.05) is 32.0 Å². The van der Waals surface area contributed by atoms with E-state index in [4.69, 9.17) is 4.74 Å². The second-order valence-electron chi connectivity index (χ2n) is 4.30. The fourth-order valence-electron chi connectivity index (χ4n) is 2.21. The van der Waals surface area contributed by atoms with Crippen LogP contribution in [0.1, 0.15) is 13.3 Å². The van der Waals surface area contributed by atoms with Crippen LogP contribution in [-0.2, 0) is 16.1 Å². The summed E-state index contributed by atoms with van der Waals surface area (Å²) in [6.45, 7) is 3.69. The zero-order valence-corrected chi connectivity index (χ0v) is 10.6. The Morgan fingerprint density at radius 3 is 3.06 bits per heavy atom. The zero-order valence-electron chi connectivity index (χ0n) is 10.6. The van der Waals surface area contributed by atoms with E-state index < -0.39 is 0 Å². The number of hydrogen-bond acceptors (Lipinski definition) is 5. The number of aromatic nitrogens is 2. The van der Waals surface area contributed by atoms with Crippen LogP contribution in [0.25, 0.3) is 0 Å². The molecule has 1 saturated heterocycles. The van der Waals surface area contributed by atoms with Crippen molar-refractivity contribution in [2.75, 3.05) is 25.1 Å². The molecule has 0 radical (unpaired) electrons. The predicted molar refractivity (Wildman–Crippen MR) is 66.5 cm³/mol. The third-order valence-corrected chi connectivity index (χ3v) is 3.26. The molecule has 0 N–H and O–H groups in total. The van der Waals surface area contributed by atoms with Gasteiger partial charge >= 0.3 is 5.97 Å². The van der Waals surface area contributed by atoms with Crippen LogP contribution >= 0.6 is 0 Å². The van der Waals surface area contributed by atoms with Gasteiger partial charge in [0.2, 0.25) is 0 Å². The summed E-state index contributed by atoms with van der Waals surface area (Å²) in [4.78, 5) is 29.5. The summed E-state index contributed by atoms with van der Waals surface area (Å²) in [5.41, 5.74) is -0.106. The number of hydrogen-bond donors (Lipinski definition) is 0. The average molecular weight is 251 g/mol. The van der Waals surface area contributed by atoms with Crippen molar-refractivity contribution >= 4 is 11.8 Å². The Morgan fingerprint density at radius 2 is 2.39 bits per heavy atom. The number of anilines is 1. The molecule has 1 fully saturated rings. The number of aryl methyl sites for hydroxylation is 1. The highest BCUT2D eigenvalue weighted by atomic mass is 16.5. The predicted octanol–water partition coefficient (Wildman–Crippen LogP) is 0.263. The average Bonchev–Trinajstić information content (AvgIpc) is 2.87. The molecule has 98 valence electrons. The molecule has 1 aliphatic rings. The van der Waals surface area contributed by atoms with Gasteiger partial charge in [0.15, 0.2) is 5.82 Å². The van der Waals surface area contributed by atoms with Crippen molar-refractivity contribution in [3.8, 4) is 0 Å². The molecule has 2 rings (SSSR count). The van der Waals surface area contributed by atoms with E-state index in [1.54, 1.807) is 17.0 Å². The van der Waals surface area contributed by atoms with E-state index in [0.717, 1.165) is 0 Å². The van der Waals surface area contributed by atoms with E-state index in [1.807, 2.05) is 11.8 Å². The first-order valence-electron chi connectivity index (χ1n) is 6.05. The van der Waals surface area contributed by atoms with Crippen LogP contribution in [0.4, 0.5) is 5.82 Å². The quantitative estimate of drug-likeness (QED) is 0.721. The molecule has 1 unspecified atom stereocenters. The zero-order chi connectivity index (χ0) is 13.1. The van der Waals surface area contributed by atoms with Crippen LogP contribution in [-0.4, -0.2) is 35.7 Å². The Bertz CT molecular complexity index is 498. The SMILES string of the molecule is CCn1ccnc(N2CCC(C(=O)OC)C2)c1=O. The van der Waals surface area contributed by atoms with Gasteiger partial charge in [-0.05, 0) is 13.3 Å². The molecule has 18 heavy (non-hydrogen) atoms. The minimum absolute atomic E-state index is 0.106. The van der Waals surface area contributed by atoms with Crippen molar-refractivity contribution in [3.05, 3.63) is 22.7 Å². The molecule has 0 aliphatic carbocycles. The third kappa shape index (κ3) is 2.23. The van der Waals surface area contributed by atoms with E-state index >= 15 is 0 Å². The molecule has 0 aromatic carbocycles. The monoisotopic (exact) mass is 251 g/mol. The van der Waals surface area contributed by atoms with Gasteiger partial charge in [0.25, 0.3) is 5.56 Å². The normalized spacial score (nSPS) is 19.0. The van der Waals surface area contributed by atoms with Gasteiger partial charge in [-0.25, -0.2) is 4.98 Å². The van der Waals surface area contributed by atoms with Crippen molar-refractivity contribution in [2.45, 2.75) is 19.9 Å². The highest BCUT2D eigenvalue weighted by molar-refractivity contribution is 5.73. The van der Waals surface area contributed by atoms with Crippen LogP contribution in [0, 0.1) is 5.92 Å². The van der Waals surface area contributed by atoms with E-state index in [-0.39, 0.29) is 17.4 Å². The van der Waals surface area contributed by atoms with Crippen molar-refractivity contribution in [2.24, 2.45) is 5.92 Å². The maximum absolute atomic E-state index is 12.1. The van der Waals surface area contributed by atoms with Crippen LogP contribution in [0.15, 0.2) is 17.2 Å². The second-order valence-corrected chi connectivity index (χ2v) is 4.30. The van der Waals surface area contributed by atoms with Gasteiger partial charge in [-0.2, -0.15) is 0 Å². The standard InChI is InChI=1S/C12H17N3O3/c1-3-14-7-5-13-10(11(14)16)15-6-4-9(8-15)12(17)18-2/h5,7,9H,3-4,6,8H2,1-2H3. The molecule has 1 aromatic heterocycles. The summed E-state index contributed by atoms with van der Waals surface area (Å²) in [5, 5.41) is 0. The fraction of sp³-hybridized carbons (Fsp3) is 0.583. The topological polar surface area (TPSA) is 64.4 Å². The lowest BCUT2D eigenvalue weighted by Crippen LogP contribution is -2.32. The summed E-state index contributed by atoms with van der Waals surface area (Å²) in [6, 6.07) is 0. The number of ether oxygens (including phenoxy) is 1. The van der Waals surface area contributed by atoms with Crippen molar-refractivity contribution in [1.29, 1.82) is 0 Å². The fourth-order valence-corrected chi connectivity index (χ4v) is 2.21. The van der Waals surface area contributed by atoms with Crippen LogP contribution < -0.4 is 10.5 Å². The molecule has 1 aromatic rings. The molecule has 1 atom stereocenters. The third-order valence-electron chi connectivity index (χ3n) is 3.26. The maximum Gasteiger partial charge on any atom is 0.310 e. The number of rotatable bonds is 3. The first-order chi connectivity index (χ1) is 8.67. The van der Waals surface area contributed by atoms with Gasteiger partial charge in [-0.3, -0.25) is 9.59 Å². The largest absolute Gasteiger partial charge is 0.469 e. The van der Waals surface area contributed by atoms with E-state index in [0.29, 0.717) is 31.9 Å². The molecular formula is C12H17N3O3. The molecule has 6 nitrogen and oxygen atoms in total. The Balaban J connectivity index is 2.20. The molecule has 0 amide bonds. The Kier molecular flexibility index (Phi) is 3.64. The van der Waals surface area contributed by atoms with Gasteiger partial charge in [-0.15, -0.1) is 0 Å². The van der Waals surface area contributed by atoms with E-state index in [9.17, 15) is 9.59 Å². The molecule has 0 saturated carbocycles. The number of esters is 1. The minimum atomic E-state index is -0.218. The van der Waals surface area contributed by atoms with Crippen LogP contribution in [0.5, 0.6) is 0 Å². The summed E-state index contributed by atoms with van der Waals surface area (Å²) in [6.07, 6.45) is 3.99. The molecule has 2 heterocycles. The summed E-state index contributed by atoms with van der Waals surface area (Å²) >= 11 is 0. The molecule has 6 heteroatoms. The highest BCUT2D eigenvalue weighted by Gasteiger charge is 2.30. The number of carbonyl (C=O) groups excluding carboxylic acids is 1. The second kappa shape index (κ2) is 5.20. The lowest BCUT2D eigenvalue weighted by Gasteiger charge is -2.16. The first-order valence-corrected chi connectivity index (χ1v) is 6.05. The molecule has 0 bridgehead atoms. The lowest BCUT2D eigenvalue weighted by molar-refractivity contribution is -0.144. The van der Waals surface area contributed by atoms with Gasteiger partial charge in [-0.1, -0.05) is 0 Å². The van der Waals surface area contributed by atoms with E-state index in [1.165, 1.54) is 7.11 Å². The maximum atomic E-state index is 12.1. The molecule has 1 aliphatic heterocycles. The summed E-state index contributed by atoms with van der Waals surface area (Å²) < 4.78 is 6.33. The van der Waals surface area contributed by atoms with Gasteiger partial charge in [0.05, 0.1) is 13.0 Å². The highest BCUT2D eigenvalue weighted by Crippen LogP contribution is 2.20. The van der Waals surface area contributed by atoms with Gasteiger partial charge < -0.3 is 14.2 Å². The van der Waals surface area contributed by atoms with Crippen molar-refractivity contribution < 1.29 is 9.53 Å². The summed E-state index contributed by atoms with van der Waals surface area (Å²) in [7, 11) is 1.38.